The number of carbonyl (C=O) groups is 1. The number of anilines is 2. The Hall–Kier alpha value is -3.03. The zero-order chi connectivity index (χ0) is 18.6. The lowest BCUT2D eigenvalue weighted by Gasteiger charge is -2.16. The molecule has 0 saturated carbocycles. The number of aromatic nitrogens is 2. The average molecular weight is 346 g/mol. The zero-order valence-corrected chi connectivity index (χ0v) is 14.4. The number of ether oxygens (including phenoxy) is 1. The van der Waals surface area contributed by atoms with Gasteiger partial charge in [-0.1, -0.05) is 0 Å². The number of carboxylic acids is 1. The van der Waals surface area contributed by atoms with Gasteiger partial charge in [0.05, 0.1) is 17.5 Å². The van der Waals surface area contributed by atoms with Gasteiger partial charge in [-0.05, 0) is 39.8 Å². The maximum atomic E-state index is 13.5. The number of nitrogens with zero attached hydrogens (tertiary/aromatic N) is 3. The molecule has 132 valence electrons. The largest absolute Gasteiger partial charge is 0.489 e. The molecule has 0 amide bonds. The van der Waals surface area contributed by atoms with Gasteiger partial charge in [-0.25, -0.2) is 24.1 Å². The van der Waals surface area contributed by atoms with E-state index >= 15 is 0 Å². The highest BCUT2D eigenvalue weighted by atomic mass is 19.1. The van der Waals surface area contributed by atoms with Gasteiger partial charge in [0.25, 0.3) is 0 Å². The number of halogens is 1. The minimum absolute atomic E-state index is 0.0984. The summed E-state index contributed by atoms with van der Waals surface area (Å²) >= 11 is 0. The second-order valence-corrected chi connectivity index (χ2v) is 5.59. The second kappa shape index (κ2) is 7.69. The number of aliphatic carboxylic acids is 1. The zero-order valence-electron chi connectivity index (χ0n) is 14.4. The lowest BCUT2D eigenvalue weighted by Crippen LogP contribution is -2.09. The molecule has 1 aromatic heterocycles. The third kappa shape index (κ3) is 4.72. The number of hydrogen-bond donors (Lipinski definition) is 2. The Morgan fingerprint density at radius 1 is 1.36 bits per heavy atom. The summed E-state index contributed by atoms with van der Waals surface area (Å²) in [4.78, 5) is 23.3. The predicted octanol–water partition coefficient (Wildman–Crippen LogP) is 3.63. The molecular weight excluding hydrogens is 327 g/mol. The molecule has 7 nitrogen and oxygen atoms in total. The summed E-state index contributed by atoms with van der Waals surface area (Å²) in [5.74, 6) is -0.954. The third-order valence-electron chi connectivity index (χ3n) is 3.15. The molecule has 0 aliphatic rings. The first-order valence-corrected chi connectivity index (χ1v) is 7.61. The van der Waals surface area contributed by atoms with Crippen molar-refractivity contribution in [2.24, 2.45) is 4.99 Å². The van der Waals surface area contributed by atoms with Crippen molar-refractivity contribution in [3.63, 3.8) is 0 Å². The standard InChI is InChI=1S/C17H19FN4O3/c1-9(2)25-14-7-12(18)5-6-13(14)22-16-15(10(3)19-8-20-16)21-11(4)17(23)24/h5-9H,1-4H3,(H,23,24)(H,19,20,22)/b21-11+. The lowest BCUT2D eigenvalue weighted by atomic mass is 10.2. The fourth-order valence-electron chi connectivity index (χ4n) is 1.99. The van der Waals surface area contributed by atoms with Crippen molar-refractivity contribution in [1.29, 1.82) is 0 Å². The Balaban J connectivity index is 2.47. The van der Waals surface area contributed by atoms with E-state index in [2.05, 4.69) is 20.3 Å². The minimum atomic E-state index is -1.14. The summed E-state index contributed by atoms with van der Waals surface area (Å²) in [6.07, 6.45) is 1.18. The Morgan fingerprint density at radius 2 is 2.08 bits per heavy atom. The van der Waals surface area contributed by atoms with Crippen LogP contribution in [0.25, 0.3) is 0 Å². The van der Waals surface area contributed by atoms with Crippen LogP contribution in [0.3, 0.4) is 0 Å². The molecule has 0 spiro atoms. The van der Waals surface area contributed by atoms with E-state index in [1.807, 2.05) is 13.8 Å². The molecule has 0 saturated heterocycles. The molecule has 0 unspecified atom stereocenters. The van der Waals surface area contributed by atoms with Crippen LogP contribution in [0.15, 0.2) is 29.5 Å². The van der Waals surface area contributed by atoms with E-state index < -0.39 is 11.8 Å². The number of hydrogen-bond acceptors (Lipinski definition) is 6. The lowest BCUT2D eigenvalue weighted by molar-refractivity contribution is -0.129. The normalized spacial score (nSPS) is 11.5. The van der Waals surface area contributed by atoms with Crippen molar-refractivity contribution in [3.8, 4) is 5.75 Å². The first kappa shape index (κ1) is 18.3. The topological polar surface area (TPSA) is 96.7 Å². The fourth-order valence-corrected chi connectivity index (χ4v) is 1.99. The summed E-state index contributed by atoms with van der Waals surface area (Å²) in [7, 11) is 0. The van der Waals surface area contributed by atoms with E-state index in [0.717, 1.165) is 0 Å². The summed E-state index contributed by atoms with van der Waals surface area (Å²) in [6, 6.07) is 4.07. The summed E-state index contributed by atoms with van der Waals surface area (Å²) in [6.45, 7) is 6.73. The summed E-state index contributed by atoms with van der Waals surface area (Å²) in [5, 5.41) is 12.1. The molecule has 2 N–H and O–H groups in total. The van der Waals surface area contributed by atoms with Gasteiger partial charge >= 0.3 is 5.97 Å². The Bertz CT molecular complexity index is 822. The van der Waals surface area contributed by atoms with Crippen LogP contribution in [-0.4, -0.2) is 32.9 Å². The van der Waals surface area contributed by atoms with Gasteiger partial charge in [-0.2, -0.15) is 0 Å². The molecular formula is C17H19FN4O3. The van der Waals surface area contributed by atoms with Gasteiger partial charge in [0.15, 0.2) is 5.82 Å². The molecule has 0 fully saturated rings. The van der Waals surface area contributed by atoms with Gasteiger partial charge in [0.2, 0.25) is 0 Å². The van der Waals surface area contributed by atoms with Crippen LogP contribution in [0.5, 0.6) is 5.75 Å². The third-order valence-corrected chi connectivity index (χ3v) is 3.15. The molecule has 2 aromatic rings. The van der Waals surface area contributed by atoms with Crippen molar-refractivity contribution in [2.75, 3.05) is 5.32 Å². The highest BCUT2D eigenvalue weighted by Crippen LogP contribution is 2.33. The van der Waals surface area contributed by atoms with Gasteiger partial charge in [0, 0.05) is 6.07 Å². The number of nitrogens with one attached hydrogen (secondary N) is 1. The van der Waals surface area contributed by atoms with E-state index in [1.165, 1.54) is 31.5 Å². The quantitative estimate of drug-likeness (QED) is 0.775. The fraction of sp³-hybridized carbons (Fsp3) is 0.294. The molecule has 0 bridgehead atoms. The SMILES string of the molecule is C/C(=N\c1c(C)ncnc1Nc1ccc(F)cc1OC(C)C)C(=O)O. The smallest absolute Gasteiger partial charge is 0.349 e. The van der Waals surface area contributed by atoms with Crippen LogP contribution >= 0.6 is 0 Å². The summed E-state index contributed by atoms with van der Waals surface area (Å²) in [5.41, 5.74) is 1.19. The van der Waals surface area contributed by atoms with Crippen LogP contribution in [-0.2, 0) is 4.79 Å². The monoisotopic (exact) mass is 346 g/mol. The first-order valence-electron chi connectivity index (χ1n) is 7.61. The molecule has 2 rings (SSSR count). The van der Waals surface area contributed by atoms with Crippen LogP contribution in [0.1, 0.15) is 26.5 Å². The molecule has 0 radical (unpaired) electrons. The van der Waals surface area contributed by atoms with Crippen LogP contribution in [0.2, 0.25) is 0 Å². The van der Waals surface area contributed by atoms with Crippen molar-refractivity contribution in [1.82, 2.24) is 9.97 Å². The molecule has 0 atom stereocenters. The van der Waals surface area contributed by atoms with Crippen LogP contribution < -0.4 is 10.1 Å². The number of carboxylic acid groups (broad SMARTS) is 1. The molecule has 8 heteroatoms. The molecule has 0 aliphatic heterocycles. The molecule has 0 aliphatic carbocycles. The highest BCUT2D eigenvalue weighted by molar-refractivity contribution is 6.35. The van der Waals surface area contributed by atoms with E-state index in [1.54, 1.807) is 6.92 Å². The number of aryl methyl sites for hydroxylation is 1. The van der Waals surface area contributed by atoms with Crippen molar-refractivity contribution in [2.45, 2.75) is 33.8 Å². The highest BCUT2D eigenvalue weighted by Gasteiger charge is 2.14. The van der Waals surface area contributed by atoms with Crippen LogP contribution in [0.4, 0.5) is 21.6 Å². The van der Waals surface area contributed by atoms with Crippen molar-refractivity contribution >= 4 is 28.9 Å². The number of benzene rings is 1. The average Bonchev–Trinajstić information content (AvgIpc) is 2.52. The Morgan fingerprint density at radius 3 is 2.72 bits per heavy atom. The summed E-state index contributed by atoms with van der Waals surface area (Å²) < 4.78 is 19.1. The maximum absolute atomic E-state index is 13.5. The van der Waals surface area contributed by atoms with Crippen molar-refractivity contribution in [3.05, 3.63) is 36.0 Å². The predicted molar refractivity (Wildman–Crippen MR) is 92.6 cm³/mol. The van der Waals surface area contributed by atoms with E-state index in [4.69, 9.17) is 9.84 Å². The van der Waals surface area contributed by atoms with E-state index in [0.29, 0.717) is 28.6 Å². The first-order chi connectivity index (χ1) is 11.8. The van der Waals surface area contributed by atoms with Crippen molar-refractivity contribution < 1.29 is 19.0 Å². The second-order valence-electron chi connectivity index (χ2n) is 5.59. The van der Waals surface area contributed by atoms with Crippen LogP contribution in [0, 0.1) is 12.7 Å². The van der Waals surface area contributed by atoms with E-state index in [-0.39, 0.29) is 11.8 Å². The van der Waals surface area contributed by atoms with Gasteiger partial charge < -0.3 is 15.2 Å². The maximum Gasteiger partial charge on any atom is 0.349 e. The molecule has 1 heterocycles. The number of aliphatic imine (C=N–C) groups is 1. The molecule has 1 aromatic carbocycles. The Labute approximate surface area is 144 Å². The van der Waals surface area contributed by atoms with Gasteiger partial charge in [0.1, 0.15) is 29.3 Å². The van der Waals surface area contributed by atoms with Gasteiger partial charge in [-0.15, -0.1) is 0 Å². The number of rotatable bonds is 6. The molecule has 25 heavy (non-hydrogen) atoms. The minimum Gasteiger partial charge on any atom is -0.489 e. The Kier molecular flexibility index (Phi) is 5.63. The van der Waals surface area contributed by atoms with E-state index in [9.17, 15) is 9.18 Å². The van der Waals surface area contributed by atoms with Gasteiger partial charge in [-0.3, -0.25) is 0 Å².